The predicted octanol–water partition coefficient (Wildman–Crippen LogP) is 0.113. The SMILES string of the molecule is CCC(=O)c1c(O)nnn1C. The van der Waals surface area contributed by atoms with E-state index >= 15 is 0 Å². The Balaban J connectivity index is 3.10. The van der Waals surface area contributed by atoms with E-state index in [4.69, 9.17) is 5.11 Å². The van der Waals surface area contributed by atoms with E-state index < -0.39 is 0 Å². The monoisotopic (exact) mass is 155 g/mol. The summed E-state index contributed by atoms with van der Waals surface area (Å²) in [4.78, 5) is 11.1. The zero-order chi connectivity index (χ0) is 8.43. The summed E-state index contributed by atoms with van der Waals surface area (Å²) in [6.45, 7) is 1.72. The maximum absolute atomic E-state index is 11.1. The molecular formula is C6H9N3O2. The fourth-order valence-corrected chi connectivity index (χ4v) is 0.819. The van der Waals surface area contributed by atoms with Crippen LogP contribution in [-0.4, -0.2) is 25.9 Å². The molecule has 0 unspecified atom stereocenters. The Morgan fingerprint density at radius 1 is 1.73 bits per heavy atom. The van der Waals surface area contributed by atoms with Gasteiger partial charge in [0, 0.05) is 13.5 Å². The fraction of sp³-hybridized carbons (Fsp3) is 0.500. The first-order chi connectivity index (χ1) is 5.16. The van der Waals surface area contributed by atoms with E-state index in [0.29, 0.717) is 6.42 Å². The molecule has 1 N–H and O–H groups in total. The highest BCUT2D eigenvalue weighted by molar-refractivity contribution is 5.96. The highest BCUT2D eigenvalue weighted by Gasteiger charge is 2.15. The molecular weight excluding hydrogens is 146 g/mol. The molecule has 0 aliphatic rings. The summed E-state index contributed by atoms with van der Waals surface area (Å²) in [6, 6.07) is 0. The topological polar surface area (TPSA) is 68.0 Å². The highest BCUT2D eigenvalue weighted by Crippen LogP contribution is 2.12. The van der Waals surface area contributed by atoms with Gasteiger partial charge in [-0.05, 0) is 0 Å². The van der Waals surface area contributed by atoms with Crippen LogP contribution < -0.4 is 0 Å². The van der Waals surface area contributed by atoms with Gasteiger partial charge in [-0.2, -0.15) is 0 Å². The first kappa shape index (κ1) is 7.71. The van der Waals surface area contributed by atoms with Gasteiger partial charge >= 0.3 is 0 Å². The Bertz CT molecular complexity index is 260. The van der Waals surface area contributed by atoms with Crippen molar-refractivity contribution in [1.29, 1.82) is 0 Å². The van der Waals surface area contributed by atoms with Crippen LogP contribution >= 0.6 is 0 Å². The maximum Gasteiger partial charge on any atom is 0.262 e. The van der Waals surface area contributed by atoms with Gasteiger partial charge in [-0.15, -0.1) is 0 Å². The molecule has 0 fully saturated rings. The summed E-state index contributed by atoms with van der Waals surface area (Å²) in [5, 5.41) is 15.8. The minimum atomic E-state index is -0.292. The van der Waals surface area contributed by atoms with Gasteiger partial charge in [0.2, 0.25) is 0 Å². The average molecular weight is 155 g/mol. The molecule has 0 saturated heterocycles. The van der Waals surface area contributed by atoms with E-state index in [1.807, 2.05) is 0 Å². The molecule has 1 aromatic heterocycles. The van der Waals surface area contributed by atoms with Crippen LogP contribution in [0.4, 0.5) is 0 Å². The molecule has 5 heteroatoms. The first-order valence-corrected chi connectivity index (χ1v) is 3.28. The Morgan fingerprint density at radius 3 is 2.73 bits per heavy atom. The first-order valence-electron chi connectivity index (χ1n) is 3.28. The van der Waals surface area contributed by atoms with E-state index in [9.17, 15) is 4.79 Å². The summed E-state index contributed by atoms with van der Waals surface area (Å²) < 4.78 is 1.27. The third-order valence-electron chi connectivity index (χ3n) is 1.39. The molecule has 0 amide bonds. The second-order valence-corrected chi connectivity index (χ2v) is 2.16. The van der Waals surface area contributed by atoms with Crippen molar-refractivity contribution in [1.82, 2.24) is 15.0 Å². The van der Waals surface area contributed by atoms with Crippen molar-refractivity contribution in [3.8, 4) is 5.88 Å². The van der Waals surface area contributed by atoms with Crippen LogP contribution in [0.1, 0.15) is 23.8 Å². The summed E-state index contributed by atoms with van der Waals surface area (Å²) in [7, 11) is 1.57. The van der Waals surface area contributed by atoms with Crippen LogP contribution in [-0.2, 0) is 7.05 Å². The van der Waals surface area contributed by atoms with Gasteiger partial charge in [0.25, 0.3) is 5.88 Å². The van der Waals surface area contributed by atoms with Crippen molar-refractivity contribution in [3.63, 3.8) is 0 Å². The molecule has 0 radical (unpaired) electrons. The van der Waals surface area contributed by atoms with E-state index in [-0.39, 0.29) is 17.4 Å². The second-order valence-electron chi connectivity index (χ2n) is 2.16. The Labute approximate surface area is 63.6 Å². The number of hydrogen-bond acceptors (Lipinski definition) is 4. The quantitative estimate of drug-likeness (QED) is 0.615. The summed E-state index contributed by atoms with van der Waals surface area (Å²) in [5.41, 5.74) is 0.174. The number of hydrogen-bond donors (Lipinski definition) is 1. The lowest BCUT2D eigenvalue weighted by Crippen LogP contribution is -2.05. The van der Waals surface area contributed by atoms with E-state index in [0.717, 1.165) is 0 Å². The molecule has 1 rings (SSSR count). The molecule has 0 bridgehead atoms. The van der Waals surface area contributed by atoms with Crippen molar-refractivity contribution in [2.24, 2.45) is 7.05 Å². The molecule has 11 heavy (non-hydrogen) atoms. The molecule has 0 saturated carbocycles. The number of ketones is 1. The van der Waals surface area contributed by atoms with Crippen LogP contribution in [0, 0.1) is 0 Å². The Hall–Kier alpha value is -1.39. The second kappa shape index (κ2) is 2.69. The fourth-order valence-electron chi connectivity index (χ4n) is 0.819. The largest absolute Gasteiger partial charge is 0.491 e. The Morgan fingerprint density at radius 2 is 2.36 bits per heavy atom. The lowest BCUT2D eigenvalue weighted by Gasteiger charge is -1.95. The maximum atomic E-state index is 11.1. The van der Waals surface area contributed by atoms with Gasteiger partial charge in [0.15, 0.2) is 11.5 Å². The van der Waals surface area contributed by atoms with Gasteiger partial charge in [-0.25, -0.2) is 4.68 Å². The summed E-state index contributed by atoms with van der Waals surface area (Å²) in [5.74, 6) is -0.450. The molecule has 0 aliphatic carbocycles. The van der Waals surface area contributed by atoms with Crippen molar-refractivity contribution in [2.75, 3.05) is 0 Å². The van der Waals surface area contributed by atoms with Gasteiger partial charge in [0.1, 0.15) is 0 Å². The van der Waals surface area contributed by atoms with Crippen LogP contribution in [0.25, 0.3) is 0 Å². The Kier molecular flexibility index (Phi) is 1.89. The number of nitrogens with zero attached hydrogens (tertiary/aromatic N) is 3. The lowest BCUT2D eigenvalue weighted by atomic mass is 10.2. The number of carbonyl (C=O) groups excluding carboxylic acids is 1. The predicted molar refractivity (Wildman–Crippen MR) is 37.3 cm³/mol. The zero-order valence-corrected chi connectivity index (χ0v) is 6.40. The van der Waals surface area contributed by atoms with Crippen LogP contribution in [0.5, 0.6) is 5.88 Å². The van der Waals surface area contributed by atoms with Gasteiger partial charge < -0.3 is 5.11 Å². The van der Waals surface area contributed by atoms with Crippen LogP contribution in [0.2, 0.25) is 0 Å². The number of aromatic nitrogens is 3. The molecule has 0 aromatic carbocycles. The third-order valence-corrected chi connectivity index (χ3v) is 1.39. The lowest BCUT2D eigenvalue weighted by molar-refractivity contribution is 0.0976. The van der Waals surface area contributed by atoms with Crippen LogP contribution in [0.3, 0.4) is 0 Å². The number of Topliss-reactive ketones (excluding diaryl/α,β-unsaturated/α-hetero) is 1. The molecule has 5 nitrogen and oxygen atoms in total. The molecule has 0 atom stereocenters. The highest BCUT2D eigenvalue weighted by atomic mass is 16.3. The number of carbonyl (C=O) groups is 1. The molecule has 60 valence electrons. The minimum Gasteiger partial charge on any atom is -0.491 e. The molecule has 0 aliphatic heterocycles. The van der Waals surface area contributed by atoms with Crippen molar-refractivity contribution >= 4 is 5.78 Å². The van der Waals surface area contributed by atoms with Gasteiger partial charge in [-0.1, -0.05) is 17.2 Å². The number of aryl methyl sites for hydroxylation is 1. The summed E-state index contributed by atoms with van der Waals surface area (Å²) in [6.07, 6.45) is 0.342. The normalized spacial score (nSPS) is 10.0. The van der Waals surface area contributed by atoms with Crippen molar-refractivity contribution in [2.45, 2.75) is 13.3 Å². The number of rotatable bonds is 2. The molecule has 1 aromatic rings. The van der Waals surface area contributed by atoms with Crippen LogP contribution in [0.15, 0.2) is 0 Å². The zero-order valence-electron chi connectivity index (χ0n) is 6.40. The third kappa shape index (κ3) is 1.21. The molecule has 0 spiro atoms. The van der Waals surface area contributed by atoms with Crippen molar-refractivity contribution in [3.05, 3.63) is 5.69 Å². The van der Waals surface area contributed by atoms with E-state index in [2.05, 4.69) is 10.3 Å². The van der Waals surface area contributed by atoms with Gasteiger partial charge in [0.05, 0.1) is 0 Å². The smallest absolute Gasteiger partial charge is 0.262 e. The average Bonchev–Trinajstić information content (AvgIpc) is 2.30. The minimum absolute atomic E-state index is 0.157. The van der Waals surface area contributed by atoms with E-state index in [1.165, 1.54) is 4.68 Å². The summed E-state index contributed by atoms with van der Waals surface area (Å²) >= 11 is 0. The number of aromatic hydroxyl groups is 1. The molecule has 1 heterocycles. The van der Waals surface area contributed by atoms with Gasteiger partial charge in [-0.3, -0.25) is 4.79 Å². The van der Waals surface area contributed by atoms with Crippen molar-refractivity contribution < 1.29 is 9.90 Å². The standard InChI is InChI=1S/C6H9N3O2/c1-3-4(10)5-6(11)7-8-9(5)2/h11H,3H2,1-2H3. The van der Waals surface area contributed by atoms with E-state index in [1.54, 1.807) is 14.0 Å².